The predicted octanol–water partition coefficient (Wildman–Crippen LogP) is 0.587. The summed E-state index contributed by atoms with van der Waals surface area (Å²) >= 11 is 0. The zero-order chi connectivity index (χ0) is 9.45. The third kappa shape index (κ3) is 6.37. The highest BCUT2D eigenvalue weighted by Gasteiger charge is 2.07. The molecule has 0 radical (unpaired) electrons. The molecule has 1 N–H and O–H groups in total. The van der Waals surface area contributed by atoms with Crippen LogP contribution in [-0.4, -0.2) is 33.0 Å². The van der Waals surface area contributed by atoms with Crippen LogP contribution in [0.5, 0.6) is 0 Å². The van der Waals surface area contributed by atoms with E-state index in [4.69, 9.17) is 0 Å². The summed E-state index contributed by atoms with van der Waals surface area (Å²) in [5, 5.41) is 2.95. The predicted molar refractivity (Wildman–Crippen MR) is 52.0 cm³/mol. The number of hydrogen-bond acceptors (Lipinski definition) is 3. The Labute approximate surface area is 74.8 Å². The van der Waals surface area contributed by atoms with Crippen LogP contribution in [0.25, 0.3) is 0 Å². The van der Waals surface area contributed by atoms with Crippen molar-refractivity contribution in [2.45, 2.75) is 13.3 Å². The molecule has 0 saturated carbocycles. The summed E-state index contributed by atoms with van der Waals surface area (Å²) in [4.78, 5) is 0. The monoisotopic (exact) mass is 191 g/mol. The first kappa shape index (κ1) is 11.6. The van der Waals surface area contributed by atoms with E-state index in [0.717, 1.165) is 0 Å². The van der Waals surface area contributed by atoms with Crippen LogP contribution < -0.4 is 5.32 Å². The average molecular weight is 191 g/mol. The largest absolute Gasteiger partial charge is 0.312 e. The van der Waals surface area contributed by atoms with Gasteiger partial charge in [0.05, 0.1) is 5.75 Å². The first-order valence-electron chi connectivity index (χ1n) is 4.14. The van der Waals surface area contributed by atoms with Crippen molar-refractivity contribution in [1.29, 1.82) is 0 Å². The molecular formula is C8H17NO2S. The Balaban J connectivity index is 3.54. The molecule has 3 nitrogen and oxygen atoms in total. The lowest BCUT2D eigenvalue weighted by Gasteiger charge is -2.02. The van der Waals surface area contributed by atoms with Crippen LogP contribution in [0.3, 0.4) is 0 Å². The van der Waals surface area contributed by atoms with Gasteiger partial charge in [0.1, 0.15) is 0 Å². The van der Waals surface area contributed by atoms with Crippen LogP contribution in [0.15, 0.2) is 12.7 Å². The highest BCUT2D eigenvalue weighted by Crippen LogP contribution is 1.91. The third-order valence-corrected chi connectivity index (χ3v) is 3.25. The number of nitrogens with one attached hydrogen (secondary N) is 1. The Kier molecular flexibility index (Phi) is 6.02. The van der Waals surface area contributed by atoms with Crippen LogP contribution in [-0.2, 0) is 9.84 Å². The first-order chi connectivity index (χ1) is 5.62. The average Bonchev–Trinajstić information content (AvgIpc) is 1.98. The van der Waals surface area contributed by atoms with Gasteiger partial charge in [0.2, 0.25) is 0 Å². The molecule has 0 rings (SSSR count). The van der Waals surface area contributed by atoms with E-state index in [9.17, 15) is 8.42 Å². The van der Waals surface area contributed by atoms with E-state index >= 15 is 0 Å². The molecule has 0 aliphatic rings. The van der Waals surface area contributed by atoms with Crippen LogP contribution in [0.4, 0.5) is 0 Å². The summed E-state index contributed by atoms with van der Waals surface area (Å²) in [6.45, 7) is 6.58. The van der Waals surface area contributed by atoms with Gasteiger partial charge >= 0.3 is 0 Å². The van der Waals surface area contributed by atoms with Gasteiger partial charge in [0.25, 0.3) is 0 Å². The summed E-state index contributed by atoms with van der Waals surface area (Å²) in [7, 11) is -2.81. The van der Waals surface area contributed by atoms with Crippen LogP contribution in [0.1, 0.15) is 13.3 Å². The quantitative estimate of drug-likeness (QED) is 0.473. The maximum atomic E-state index is 11.1. The number of sulfone groups is 1. The van der Waals surface area contributed by atoms with Gasteiger partial charge in [-0.05, 0) is 6.42 Å². The molecular weight excluding hydrogens is 174 g/mol. The Morgan fingerprint density at radius 2 is 2.08 bits per heavy atom. The first-order valence-corrected chi connectivity index (χ1v) is 5.96. The van der Waals surface area contributed by atoms with Gasteiger partial charge in [-0.2, -0.15) is 0 Å². The van der Waals surface area contributed by atoms with Gasteiger partial charge in [0.15, 0.2) is 9.84 Å². The minimum absolute atomic E-state index is 0.231. The second kappa shape index (κ2) is 6.20. The molecule has 0 aromatic carbocycles. The second-order valence-electron chi connectivity index (χ2n) is 2.64. The molecule has 72 valence electrons. The van der Waals surface area contributed by atoms with Gasteiger partial charge < -0.3 is 5.32 Å². The smallest absolute Gasteiger partial charge is 0.151 e. The highest BCUT2D eigenvalue weighted by molar-refractivity contribution is 7.91. The Hall–Kier alpha value is -0.350. The molecule has 12 heavy (non-hydrogen) atoms. The number of hydrogen-bond donors (Lipinski definition) is 1. The molecule has 0 spiro atoms. The minimum atomic E-state index is -2.81. The van der Waals surface area contributed by atoms with Crippen LogP contribution >= 0.6 is 0 Å². The van der Waals surface area contributed by atoms with Gasteiger partial charge in [0, 0.05) is 18.8 Å². The van der Waals surface area contributed by atoms with E-state index < -0.39 is 9.84 Å². The third-order valence-electron chi connectivity index (χ3n) is 1.39. The Morgan fingerprint density at radius 1 is 1.42 bits per heavy atom. The summed E-state index contributed by atoms with van der Waals surface area (Å²) in [5.41, 5.74) is 0. The van der Waals surface area contributed by atoms with Gasteiger partial charge in [-0.25, -0.2) is 8.42 Å². The molecule has 0 fully saturated rings. The van der Waals surface area contributed by atoms with E-state index in [1.165, 1.54) is 0 Å². The Bertz CT molecular complexity index is 209. The van der Waals surface area contributed by atoms with Gasteiger partial charge in [-0.3, -0.25) is 0 Å². The van der Waals surface area contributed by atoms with Crippen molar-refractivity contribution in [2.75, 3.05) is 24.6 Å². The van der Waals surface area contributed by atoms with Crippen molar-refractivity contribution in [2.24, 2.45) is 0 Å². The van der Waals surface area contributed by atoms with E-state index in [1.54, 1.807) is 6.08 Å². The molecule has 0 aliphatic carbocycles. The highest BCUT2D eigenvalue weighted by atomic mass is 32.2. The fourth-order valence-electron chi connectivity index (χ4n) is 0.845. The maximum absolute atomic E-state index is 11.1. The molecule has 0 amide bonds. The maximum Gasteiger partial charge on any atom is 0.151 e. The van der Waals surface area contributed by atoms with Crippen molar-refractivity contribution in [1.82, 2.24) is 5.32 Å². The Morgan fingerprint density at radius 3 is 2.58 bits per heavy atom. The molecule has 0 atom stereocenters. The minimum Gasteiger partial charge on any atom is -0.312 e. The SMILES string of the molecule is C=CCNCCS(=O)(=O)CCC. The summed E-state index contributed by atoms with van der Waals surface area (Å²) in [6.07, 6.45) is 2.41. The summed E-state index contributed by atoms with van der Waals surface area (Å²) in [5.74, 6) is 0.525. The van der Waals surface area contributed by atoms with Crippen molar-refractivity contribution in [3.8, 4) is 0 Å². The zero-order valence-corrected chi connectivity index (χ0v) is 8.36. The van der Waals surface area contributed by atoms with Gasteiger partial charge in [-0.1, -0.05) is 13.0 Å². The van der Waals surface area contributed by atoms with Crippen LogP contribution in [0, 0.1) is 0 Å². The normalized spacial score (nSPS) is 11.4. The molecule has 0 aromatic heterocycles. The fourth-order valence-corrected chi connectivity index (χ4v) is 2.13. The van der Waals surface area contributed by atoms with Crippen molar-refractivity contribution in [3.63, 3.8) is 0 Å². The molecule has 0 aromatic rings. The number of rotatable bonds is 7. The molecule has 0 aliphatic heterocycles. The lowest BCUT2D eigenvalue weighted by Crippen LogP contribution is -2.24. The van der Waals surface area contributed by atoms with Crippen molar-refractivity contribution >= 4 is 9.84 Å². The molecule has 0 saturated heterocycles. The zero-order valence-electron chi connectivity index (χ0n) is 7.54. The lowest BCUT2D eigenvalue weighted by molar-refractivity contribution is 0.591. The molecule has 0 heterocycles. The van der Waals surface area contributed by atoms with E-state index in [0.29, 0.717) is 25.3 Å². The van der Waals surface area contributed by atoms with Crippen molar-refractivity contribution in [3.05, 3.63) is 12.7 Å². The van der Waals surface area contributed by atoms with Crippen molar-refractivity contribution < 1.29 is 8.42 Å². The fraction of sp³-hybridized carbons (Fsp3) is 0.750. The van der Waals surface area contributed by atoms with Crippen LogP contribution in [0.2, 0.25) is 0 Å². The summed E-state index contributed by atoms with van der Waals surface area (Å²) in [6, 6.07) is 0. The van der Waals surface area contributed by atoms with Gasteiger partial charge in [-0.15, -0.1) is 6.58 Å². The van der Waals surface area contributed by atoms with E-state index in [1.807, 2.05) is 6.92 Å². The summed E-state index contributed by atoms with van der Waals surface area (Å²) < 4.78 is 22.3. The second-order valence-corrected chi connectivity index (χ2v) is 4.95. The topological polar surface area (TPSA) is 46.2 Å². The lowest BCUT2D eigenvalue weighted by atomic mass is 10.6. The molecule has 0 unspecified atom stereocenters. The van der Waals surface area contributed by atoms with E-state index in [2.05, 4.69) is 11.9 Å². The molecule has 4 heteroatoms. The van der Waals surface area contributed by atoms with E-state index in [-0.39, 0.29) is 5.75 Å². The molecule has 0 bridgehead atoms. The standard InChI is InChI=1S/C8H17NO2S/c1-3-5-9-6-8-12(10,11)7-4-2/h3,9H,1,4-8H2,2H3.